The fourth-order valence-corrected chi connectivity index (χ4v) is 1.45. The monoisotopic (exact) mass is 217 g/mol. The second-order valence-electron chi connectivity index (χ2n) is 3.43. The average molecular weight is 217 g/mol. The molecule has 2 rings (SSSR count). The number of hydrogen-bond acceptors (Lipinski definition) is 3. The van der Waals surface area contributed by atoms with Gasteiger partial charge in [0.05, 0.1) is 11.4 Å². The predicted molar refractivity (Wildman–Crippen MR) is 60.2 cm³/mol. The van der Waals surface area contributed by atoms with Crippen LogP contribution >= 0.6 is 0 Å². The van der Waals surface area contributed by atoms with Gasteiger partial charge in [0.15, 0.2) is 0 Å². The fourth-order valence-electron chi connectivity index (χ4n) is 1.45. The van der Waals surface area contributed by atoms with Gasteiger partial charge >= 0.3 is 0 Å². The molecule has 0 unspecified atom stereocenters. The Labute approximate surface area is 93.4 Å². The Morgan fingerprint density at radius 1 is 1.19 bits per heavy atom. The zero-order valence-electron chi connectivity index (χ0n) is 8.94. The van der Waals surface area contributed by atoms with E-state index < -0.39 is 0 Å². The van der Waals surface area contributed by atoms with E-state index in [4.69, 9.17) is 0 Å². The molecule has 0 saturated carbocycles. The highest BCUT2D eigenvalue weighted by molar-refractivity contribution is 5.58. The Balaban J connectivity index is 2.32. The summed E-state index contributed by atoms with van der Waals surface area (Å²) in [5.41, 5.74) is 2.61. The summed E-state index contributed by atoms with van der Waals surface area (Å²) >= 11 is 0. The van der Waals surface area contributed by atoms with E-state index in [2.05, 4.69) is 15.3 Å². The van der Waals surface area contributed by atoms with Gasteiger partial charge < -0.3 is 5.32 Å². The van der Waals surface area contributed by atoms with Gasteiger partial charge in [-0.05, 0) is 37.4 Å². The van der Waals surface area contributed by atoms with Crippen LogP contribution in [0.3, 0.4) is 0 Å². The summed E-state index contributed by atoms with van der Waals surface area (Å²) < 4.78 is 12.8. The van der Waals surface area contributed by atoms with Crippen LogP contribution in [-0.2, 0) is 6.54 Å². The quantitative estimate of drug-likeness (QED) is 0.854. The van der Waals surface area contributed by atoms with Crippen molar-refractivity contribution < 1.29 is 4.39 Å². The minimum Gasteiger partial charge on any atom is -0.314 e. The first kappa shape index (κ1) is 10.7. The molecule has 0 fully saturated rings. The van der Waals surface area contributed by atoms with Crippen molar-refractivity contribution in [3.05, 3.63) is 48.2 Å². The van der Waals surface area contributed by atoms with Crippen molar-refractivity contribution in [1.82, 2.24) is 15.3 Å². The number of nitrogens with one attached hydrogen (secondary N) is 1. The molecule has 0 aliphatic rings. The SMILES string of the molecule is CNCc1cc(-c2ccc(F)cc2)ncn1. The van der Waals surface area contributed by atoms with E-state index >= 15 is 0 Å². The number of halogens is 1. The van der Waals surface area contributed by atoms with E-state index in [9.17, 15) is 4.39 Å². The molecule has 82 valence electrons. The molecule has 0 amide bonds. The van der Waals surface area contributed by atoms with Crippen LogP contribution in [0.1, 0.15) is 5.69 Å². The standard InChI is InChI=1S/C12H12FN3/c1-14-7-11-6-12(16-8-15-11)9-2-4-10(13)5-3-9/h2-6,8,14H,7H2,1H3. The molecule has 0 atom stereocenters. The van der Waals surface area contributed by atoms with Gasteiger partial charge in [0.2, 0.25) is 0 Å². The Bertz CT molecular complexity index is 468. The minimum atomic E-state index is -0.242. The zero-order chi connectivity index (χ0) is 11.4. The third-order valence-electron chi connectivity index (χ3n) is 2.22. The maximum absolute atomic E-state index is 12.8. The molecule has 2 aromatic rings. The third-order valence-corrected chi connectivity index (χ3v) is 2.22. The fraction of sp³-hybridized carbons (Fsp3) is 0.167. The van der Waals surface area contributed by atoms with Gasteiger partial charge in [-0.2, -0.15) is 0 Å². The Morgan fingerprint density at radius 2 is 1.94 bits per heavy atom. The topological polar surface area (TPSA) is 37.8 Å². The van der Waals surface area contributed by atoms with Crippen molar-refractivity contribution in [3.8, 4) is 11.3 Å². The molecule has 1 heterocycles. The lowest BCUT2D eigenvalue weighted by atomic mass is 10.1. The van der Waals surface area contributed by atoms with Crippen molar-refractivity contribution in [2.45, 2.75) is 6.54 Å². The molecule has 0 bridgehead atoms. The lowest BCUT2D eigenvalue weighted by Gasteiger charge is -2.03. The molecule has 0 aliphatic heterocycles. The van der Waals surface area contributed by atoms with E-state index in [1.807, 2.05) is 13.1 Å². The highest BCUT2D eigenvalue weighted by Crippen LogP contribution is 2.17. The molecule has 0 radical (unpaired) electrons. The summed E-state index contributed by atoms with van der Waals surface area (Å²) in [6.45, 7) is 0.691. The van der Waals surface area contributed by atoms with Gasteiger partial charge in [-0.15, -0.1) is 0 Å². The van der Waals surface area contributed by atoms with Gasteiger partial charge in [0.1, 0.15) is 12.1 Å². The van der Waals surface area contributed by atoms with Crippen LogP contribution in [0.15, 0.2) is 36.7 Å². The normalized spacial score (nSPS) is 10.4. The number of aromatic nitrogens is 2. The van der Waals surface area contributed by atoms with E-state index in [1.54, 1.807) is 12.1 Å². The first-order chi connectivity index (χ1) is 7.79. The van der Waals surface area contributed by atoms with E-state index in [0.717, 1.165) is 17.0 Å². The molecule has 1 aromatic heterocycles. The number of benzene rings is 1. The second-order valence-corrected chi connectivity index (χ2v) is 3.43. The lowest BCUT2D eigenvalue weighted by molar-refractivity contribution is 0.628. The minimum absolute atomic E-state index is 0.242. The maximum atomic E-state index is 12.8. The third kappa shape index (κ3) is 2.41. The number of hydrogen-bond donors (Lipinski definition) is 1. The molecule has 0 spiro atoms. The van der Waals surface area contributed by atoms with Gasteiger partial charge in [-0.25, -0.2) is 14.4 Å². The van der Waals surface area contributed by atoms with Crippen molar-refractivity contribution in [2.24, 2.45) is 0 Å². The van der Waals surface area contributed by atoms with Crippen LogP contribution in [0, 0.1) is 5.82 Å². The van der Waals surface area contributed by atoms with E-state index in [1.165, 1.54) is 18.5 Å². The lowest BCUT2D eigenvalue weighted by Crippen LogP contribution is -2.07. The van der Waals surface area contributed by atoms with E-state index in [-0.39, 0.29) is 5.82 Å². The second kappa shape index (κ2) is 4.81. The first-order valence-corrected chi connectivity index (χ1v) is 5.01. The highest BCUT2D eigenvalue weighted by atomic mass is 19.1. The van der Waals surface area contributed by atoms with Crippen molar-refractivity contribution in [3.63, 3.8) is 0 Å². The maximum Gasteiger partial charge on any atom is 0.123 e. The van der Waals surface area contributed by atoms with Crippen molar-refractivity contribution >= 4 is 0 Å². The summed E-state index contributed by atoms with van der Waals surface area (Å²) in [6, 6.07) is 8.16. The van der Waals surface area contributed by atoms with Crippen LogP contribution in [0.25, 0.3) is 11.3 Å². The molecule has 1 aromatic carbocycles. The van der Waals surface area contributed by atoms with Crippen LogP contribution in [0.4, 0.5) is 4.39 Å². The number of rotatable bonds is 3. The Kier molecular flexibility index (Phi) is 3.22. The van der Waals surface area contributed by atoms with Crippen LogP contribution in [-0.4, -0.2) is 17.0 Å². The molecule has 1 N–H and O–H groups in total. The summed E-state index contributed by atoms with van der Waals surface area (Å²) in [7, 11) is 1.86. The van der Waals surface area contributed by atoms with Gasteiger partial charge in [-0.3, -0.25) is 0 Å². The Hall–Kier alpha value is -1.81. The van der Waals surface area contributed by atoms with Gasteiger partial charge in [0, 0.05) is 12.1 Å². The molecule has 0 aliphatic carbocycles. The first-order valence-electron chi connectivity index (χ1n) is 5.01. The van der Waals surface area contributed by atoms with Crippen LogP contribution in [0.5, 0.6) is 0 Å². The van der Waals surface area contributed by atoms with Crippen LogP contribution < -0.4 is 5.32 Å². The highest BCUT2D eigenvalue weighted by Gasteiger charge is 2.01. The number of nitrogens with zero attached hydrogens (tertiary/aromatic N) is 2. The van der Waals surface area contributed by atoms with Gasteiger partial charge in [-0.1, -0.05) is 0 Å². The Morgan fingerprint density at radius 3 is 2.62 bits per heavy atom. The molecular weight excluding hydrogens is 205 g/mol. The average Bonchev–Trinajstić information content (AvgIpc) is 2.31. The van der Waals surface area contributed by atoms with Gasteiger partial charge in [0.25, 0.3) is 0 Å². The molecule has 4 heteroatoms. The summed E-state index contributed by atoms with van der Waals surface area (Å²) in [4.78, 5) is 8.28. The zero-order valence-corrected chi connectivity index (χ0v) is 8.94. The van der Waals surface area contributed by atoms with Crippen molar-refractivity contribution in [2.75, 3.05) is 7.05 Å². The largest absolute Gasteiger partial charge is 0.314 e. The molecule has 0 saturated heterocycles. The molecule has 3 nitrogen and oxygen atoms in total. The summed E-state index contributed by atoms with van der Waals surface area (Å²) in [5.74, 6) is -0.242. The summed E-state index contributed by atoms with van der Waals surface area (Å²) in [6.07, 6.45) is 1.52. The molecular formula is C12H12FN3. The smallest absolute Gasteiger partial charge is 0.123 e. The van der Waals surface area contributed by atoms with E-state index in [0.29, 0.717) is 6.54 Å². The molecule has 16 heavy (non-hydrogen) atoms. The van der Waals surface area contributed by atoms with Crippen molar-refractivity contribution in [1.29, 1.82) is 0 Å². The van der Waals surface area contributed by atoms with Crippen LogP contribution in [0.2, 0.25) is 0 Å². The summed E-state index contributed by atoms with van der Waals surface area (Å²) in [5, 5.41) is 3.02. The predicted octanol–water partition coefficient (Wildman–Crippen LogP) is 2.00.